The van der Waals surface area contributed by atoms with Gasteiger partial charge in [0.1, 0.15) is 0 Å². The second kappa shape index (κ2) is 8.85. The Hall–Kier alpha value is -4.26. The molecule has 2 N–H and O–H groups in total. The van der Waals surface area contributed by atoms with Crippen molar-refractivity contribution < 1.29 is 9.59 Å². The fourth-order valence-electron chi connectivity index (χ4n) is 3.44. The molecule has 7 nitrogen and oxygen atoms in total. The molecule has 0 saturated heterocycles. The fraction of sp³-hybridized carbons (Fsp3) is 0.120. The summed E-state index contributed by atoms with van der Waals surface area (Å²) in [5.41, 5.74) is 4.73. The molecule has 32 heavy (non-hydrogen) atoms. The molecule has 2 aromatic heterocycles. The molecule has 160 valence electrons. The van der Waals surface area contributed by atoms with E-state index in [2.05, 4.69) is 20.7 Å². The number of carbonyl (C=O) groups is 2. The molecular formula is C25H23N5O2. The first-order valence-electron chi connectivity index (χ1n) is 10.2. The lowest BCUT2D eigenvalue weighted by molar-refractivity contribution is 0.101. The second-order valence-corrected chi connectivity index (χ2v) is 7.50. The normalized spacial score (nSPS) is 10.6. The van der Waals surface area contributed by atoms with E-state index in [0.717, 1.165) is 11.4 Å². The predicted molar refractivity (Wildman–Crippen MR) is 124 cm³/mol. The molecule has 0 unspecified atom stereocenters. The van der Waals surface area contributed by atoms with Crippen LogP contribution in [0.3, 0.4) is 0 Å². The van der Waals surface area contributed by atoms with Gasteiger partial charge in [0.2, 0.25) is 0 Å². The Labute approximate surface area is 186 Å². The number of carbonyl (C=O) groups excluding carboxylic acids is 2. The van der Waals surface area contributed by atoms with E-state index in [-0.39, 0.29) is 11.8 Å². The summed E-state index contributed by atoms with van der Waals surface area (Å²) in [6.45, 7) is 5.67. The summed E-state index contributed by atoms with van der Waals surface area (Å²) in [7, 11) is 0. The van der Waals surface area contributed by atoms with Crippen LogP contribution in [0.25, 0.3) is 5.82 Å². The number of amides is 2. The van der Waals surface area contributed by atoms with E-state index in [1.807, 2.05) is 50.2 Å². The number of nitrogens with zero attached hydrogens (tertiary/aromatic N) is 3. The van der Waals surface area contributed by atoms with E-state index < -0.39 is 0 Å². The topological polar surface area (TPSA) is 88.9 Å². The zero-order valence-electron chi connectivity index (χ0n) is 18.1. The van der Waals surface area contributed by atoms with Crippen molar-refractivity contribution in [3.63, 3.8) is 0 Å². The van der Waals surface area contributed by atoms with E-state index in [0.29, 0.717) is 33.9 Å². The zero-order chi connectivity index (χ0) is 22.7. The Bertz CT molecular complexity index is 1280. The molecule has 2 aromatic carbocycles. The van der Waals surface area contributed by atoms with Crippen LogP contribution in [-0.2, 0) is 0 Å². The number of aryl methyl sites for hydroxylation is 2. The van der Waals surface area contributed by atoms with E-state index >= 15 is 0 Å². The van der Waals surface area contributed by atoms with Crippen molar-refractivity contribution in [2.75, 3.05) is 10.6 Å². The smallest absolute Gasteiger partial charge is 0.257 e. The van der Waals surface area contributed by atoms with Crippen LogP contribution in [0.4, 0.5) is 11.4 Å². The van der Waals surface area contributed by atoms with Crippen molar-refractivity contribution in [3.05, 3.63) is 101 Å². The van der Waals surface area contributed by atoms with Gasteiger partial charge in [0.25, 0.3) is 11.8 Å². The molecular weight excluding hydrogens is 402 g/mol. The first kappa shape index (κ1) is 21.0. The van der Waals surface area contributed by atoms with Crippen LogP contribution < -0.4 is 10.6 Å². The van der Waals surface area contributed by atoms with Crippen molar-refractivity contribution >= 4 is 23.2 Å². The molecule has 0 saturated carbocycles. The average Bonchev–Trinajstić information content (AvgIpc) is 3.13. The molecule has 0 bridgehead atoms. The van der Waals surface area contributed by atoms with Crippen LogP contribution in [0.5, 0.6) is 0 Å². The molecule has 0 aliphatic rings. The van der Waals surface area contributed by atoms with Gasteiger partial charge >= 0.3 is 0 Å². The molecule has 7 heteroatoms. The Morgan fingerprint density at radius 2 is 1.62 bits per heavy atom. The van der Waals surface area contributed by atoms with Crippen LogP contribution in [0.2, 0.25) is 0 Å². The van der Waals surface area contributed by atoms with Crippen molar-refractivity contribution in [2.45, 2.75) is 20.8 Å². The van der Waals surface area contributed by atoms with Crippen LogP contribution in [0.15, 0.2) is 72.9 Å². The maximum atomic E-state index is 12.8. The first-order chi connectivity index (χ1) is 15.4. The van der Waals surface area contributed by atoms with Gasteiger partial charge in [-0.05, 0) is 68.8 Å². The van der Waals surface area contributed by atoms with Crippen molar-refractivity contribution in [3.8, 4) is 5.82 Å². The largest absolute Gasteiger partial charge is 0.322 e. The molecule has 2 amide bonds. The minimum atomic E-state index is -0.305. The van der Waals surface area contributed by atoms with Crippen LogP contribution in [0, 0.1) is 20.8 Å². The van der Waals surface area contributed by atoms with Gasteiger partial charge in [0.05, 0.1) is 11.3 Å². The highest BCUT2D eigenvalue weighted by Gasteiger charge is 2.15. The third-order valence-electron chi connectivity index (χ3n) is 5.09. The molecule has 0 spiro atoms. The van der Waals surface area contributed by atoms with Gasteiger partial charge in [-0.3, -0.25) is 9.59 Å². The Kier molecular flexibility index (Phi) is 5.81. The minimum absolute atomic E-state index is 0.235. The minimum Gasteiger partial charge on any atom is -0.322 e. The number of nitrogens with one attached hydrogen (secondary N) is 2. The summed E-state index contributed by atoms with van der Waals surface area (Å²) in [6, 6.07) is 19.9. The number of hydrogen-bond acceptors (Lipinski definition) is 4. The van der Waals surface area contributed by atoms with Crippen molar-refractivity contribution in [2.24, 2.45) is 0 Å². The monoisotopic (exact) mass is 425 g/mol. The van der Waals surface area contributed by atoms with Crippen molar-refractivity contribution in [1.29, 1.82) is 0 Å². The van der Waals surface area contributed by atoms with Gasteiger partial charge in [-0.15, -0.1) is 0 Å². The average molecular weight is 425 g/mol. The number of rotatable bonds is 5. The molecule has 0 aliphatic carbocycles. The lowest BCUT2D eigenvalue weighted by Crippen LogP contribution is -2.17. The van der Waals surface area contributed by atoms with Gasteiger partial charge in [-0.2, -0.15) is 5.10 Å². The van der Waals surface area contributed by atoms with E-state index in [1.54, 1.807) is 41.9 Å². The quantitative estimate of drug-likeness (QED) is 0.485. The summed E-state index contributed by atoms with van der Waals surface area (Å²) in [5.74, 6) is 0.102. The summed E-state index contributed by atoms with van der Waals surface area (Å²) in [6.07, 6.45) is 1.52. The first-order valence-corrected chi connectivity index (χ1v) is 10.2. The third-order valence-corrected chi connectivity index (χ3v) is 5.09. The number of aromatic nitrogens is 3. The van der Waals surface area contributed by atoms with Crippen molar-refractivity contribution in [1.82, 2.24) is 14.8 Å². The standard InChI is InChI=1S/C25H23N5O2/c1-16-14-17(2)30(29-16)23-13-12-19(15-26-23)24(31)28-22-11-7-10-21(18(22)3)25(32)27-20-8-5-4-6-9-20/h4-15H,1-3H3,(H,27,32)(H,28,31). The highest BCUT2D eigenvalue weighted by Crippen LogP contribution is 2.21. The Morgan fingerprint density at radius 1 is 0.844 bits per heavy atom. The van der Waals surface area contributed by atoms with E-state index in [4.69, 9.17) is 0 Å². The van der Waals surface area contributed by atoms with E-state index in [9.17, 15) is 9.59 Å². The molecule has 4 rings (SSSR count). The predicted octanol–water partition coefficient (Wildman–Crippen LogP) is 4.70. The van der Waals surface area contributed by atoms with Gasteiger partial charge < -0.3 is 10.6 Å². The highest BCUT2D eigenvalue weighted by atomic mass is 16.2. The summed E-state index contributed by atoms with van der Waals surface area (Å²) >= 11 is 0. The molecule has 0 aliphatic heterocycles. The summed E-state index contributed by atoms with van der Waals surface area (Å²) < 4.78 is 1.73. The lowest BCUT2D eigenvalue weighted by Gasteiger charge is -2.13. The number of benzene rings is 2. The number of hydrogen-bond donors (Lipinski definition) is 2. The number of pyridine rings is 1. The van der Waals surface area contributed by atoms with Gasteiger partial charge in [0.15, 0.2) is 5.82 Å². The van der Waals surface area contributed by atoms with Crippen LogP contribution in [0.1, 0.15) is 37.7 Å². The summed E-state index contributed by atoms with van der Waals surface area (Å²) in [4.78, 5) is 29.9. The lowest BCUT2D eigenvalue weighted by atomic mass is 10.1. The maximum absolute atomic E-state index is 12.8. The molecule has 2 heterocycles. The van der Waals surface area contributed by atoms with Crippen LogP contribution in [-0.4, -0.2) is 26.6 Å². The van der Waals surface area contributed by atoms with E-state index in [1.165, 1.54) is 6.20 Å². The second-order valence-electron chi connectivity index (χ2n) is 7.50. The molecule has 0 radical (unpaired) electrons. The highest BCUT2D eigenvalue weighted by molar-refractivity contribution is 6.08. The summed E-state index contributed by atoms with van der Waals surface area (Å²) in [5, 5.41) is 10.2. The van der Waals surface area contributed by atoms with Crippen LogP contribution >= 0.6 is 0 Å². The Morgan fingerprint density at radius 3 is 2.28 bits per heavy atom. The molecule has 0 atom stereocenters. The maximum Gasteiger partial charge on any atom is 0.257 e. The molecule has 4 aromatic rings. The Balaban J connectivity index is 1.50. The number of para-hydroxylation sites is 1. The number of anilines is 2. The van der Waals surface area contributed by atoms with Gasteiger partial charge in [-0.25, -0.2) is 9.67 Å². The molecule has 0 fully saturated rings. The zero-order valence-corrected chi connectivity index (χ0v) is 18.1. The SMILES string of the molecule is Cc1cc(C)n(-c2ccc(C(=O)Nc3cccc(C(=O)Nc4ccccc4)c3C)cn2)n1. The fourth-order valence-corrected chi connectivity index (χ4v) is 3.44. The van der Waals surface area contributed by atoms with Gasteiger partial charge in [0, 0.05) is 28.8 Å². The van der Waals surface area contributed by atoms with Gasteiger partial charge in [-0.1, -0.05) is 24.3 Å². The third kappa shape index (κ3) is 4.41.